The number of nitrogens with zero attached hydrogens (tertiary/aromatic N) is 2. The molecule has 1 aromatic carbocycles. The van der Waals surface area contributed by atoms with Gasteiger partial charge < -0.3 is 9.47 Å². The van der Waals surface area contributed by atoms with E-state index < -0.39 is 0 Å². The summed E-state index contributed by atoms with van der Waals surface area (Å²) >= 11 is 6.01. The summed E-state index contributed by atoms with van der Waals surface area (Å²) in [4.78, 5) is 4.23. The number of halogens is 1. The monoisotopic (exact) mass is 274 g/mol. The minimum Gasteiger partial charge on any atom is -0.486 e. The Morgan fingerprint density at radius 3 is 2.84 bits per heavy atom. The van der Waals surface area contributed by atoms with Crippen LogP contribution < -0.4 is 9.47 Å². The molecule has 0 aliphatic heterocycles. The zero-order valence-corrected chi connectivity index (χ0v) is 11.0. The first-order valence-corrected chi connectivity index (χ1v) is 5.93. The lowest BCUT2D eigenvalue weighted by Crippen LogP contribution is -2.00. The highest BCUT2D eigenvalue weighted by Crippen LogP contribution is 2.26. The number of hydrogen-bond acceptors (Lipinski definition) is 4. The molecule has 0 saturated heterocycles. The second-order valence-corrected chi connectivity index (χ2v) is 4.12. The Bertz CT molecular complexity index is 623. The molecule has 19 heavy (non-hydrogen) atoms. The summed E-state index contributed by atoms with van der Waals surface area (Å²) in [5, 5.41) is 9.15. The topological polar surface area (TPSA) is 55.1 Å². The third-order valence-electron chi connectivity index (χ3n) is 2.43. The summed E-state index contributed by atoms with van der Waals surface area (Å²) in [5.41, 5.74) is 1.23. The quantitative estimate of drug-likeness (QED) is 0.859. The summed E-state index contributed by atoms with van der Waals surface area (Å²) in [6.45, 7) is 0.281. The number of rotatable bonds is 4. The van der Waals surface area contributed by atoms with Crippen LogP contribution in [-0.2, 0) is 6.61 Å². The summed E-state index contributed by atoms with van der Waals surface area (Å²) < 4.78 is 10.6. The number of ether oxygens (including phenoxy) is 2. The molecule has 2 rings (SSSR count). The van der Waals surface area contributed by atoms with Gasteiger partial charge in [0.1, 0.15) is 12.4 Å². The number of methoxy groups -OCH3 is 1. The van der Waals surface area contributed by atoms with Crippen molar-refractivity contribution in [3.8, 4) is 17.7 Å². The van der Waals surface area contributed by atoms with Gasteiger partial charge in [0.2, 0.25) is 5.88 Å². The molecule has 0 radical (unpaired) electrons. The normalized spacial score (nSPS) is 9.74. The molecule has 0 unspecified atom stereocenters. The smallest absolute Gasteiger partial charge is 0.213 e. The highest BCUT2D eigenvalue weighted by molar-refractivity contribution is 6.32. The van der Waals surface area contributed by atoms with Crippen LogP contribution in [0.3, 0.4) is 0 Å². The molecule has 0 spiro atoms. The molecular weight excluding hydrogens is 264 g/mol. The summed E-state index contributed by atoms with van der Waals surface area (Å²) in [5.74, 6) is 1.05. The maximum atomic E-state index is 8.75. The molecule has 0 saturated carbocycles. The first-order chi connectivity index (χ1) is 9.22. The maximum Gasteiger partial charge on any atom is 0.213 e. The number of aromatic nitrogens is 1. The van der Waals surface area contributed by atoms with Crippen LogP contribution in [0.25, 0.3) is 0 Å². The van der Waals surface area contributed by atoms with Gasteiger partial charge in [-0.25, -0.2) is 4.98 Å². The van der Waals surface area contributed by atoms with Crippen molar-refractivity contribution in [2.45, 2.75) is 6.61 Å². The van der Waals surface area contributed by atoms with Crippen LogP contribution in [0.5, 0.6) is 11.6 Å². The second kappa shape index (κ2) is 6.07. The van der Waals surface area contributed by atoms with Crippen molar-refractivity contribution in [3.63, 3.8) is 0 Å². The van der Waals surface area contributed by atoms with E-state index in [0.717, 1.165) is 5.69 Å². The standard InChI is InChI=1S/C14H11ClN2O2/c1-18-14-4-2-3-11(17-14)9-19-13-6-5-10(8-16)7-12(13)15/h2-7H,9H2,1H3. The number of benzene rings is 1. The van der Waals surface area contributed by atoms with Gasteiger partial charge in [0, 0.05) is 6.07 Å². The first-order valence-electron chi connectivity index (χ1n) is 5.55. The fraction of sp³-hybridized carbons (Fsp3) is 0.143. The van der Waals surface area contributed by atoms with Gasteiger partial charge in [-0.1, -0.05) is 17.7 Å². The molecule has 0 bridgehead atoms. The number of hydrogen-bond donors (Lipinski definition) is 0. The van der Waals surface area contributed by atoms with Gasteiger partial charge in [-0.2, -0.15) is 5.26 Å². The zero-order valence-electron chi connectivity index (χ0n) is 10.3. The van der Waals surface area contributed by atoms with Crippen molar-refractivity contribution >= 4 is 11.6 Å². The lowest BCUT2D eigenvalue weighted by atomic mass is 10.2. The molecule has 0 aliphatic rings. The van der Waals surface area contributed by atoms with Crippen LogP contribution in [-0.4, -0.2) is 12.1 Å². The average molecular weight is 275 g/mol. The molecule has 1 heterocycles. The first kappa shape index (κ1) is 13.2. The van der Waals surface area contributed by atoms with Crippen molar-refractivity contribution in [1.82, 2.24) is 4.98 Å². The van der Waals surface area contributed by atoms with Gasteiger partial charge >= 0.3 is 0 Å². The van der Waals surface area contributed by atoms with Gasteiger partial charge in [-0.3, -0.25) is 0 Å². The highest BCUT2D eigenvalue weighted by Gasteiger charge is 2.04. The van der Waals surface area contributed by atoms with Crippen molar-refractivity contribution in [2.75, 3.05) is 7.11 Å². The van der Waals surface area contributed by atoms with Crippen LogP contribution in [0.15, 0.2) is 36.4 Å². The van der Waals surface area contributed by atoms with Gasteiger partial charge in [0.15, 0.2) is 0 Å². The molecule has 2 aromatic rings. The molecule has 0 fully saturated rings. The van der Waals surface area contributed by atoms with E-state index in [-0.39, 0.29) is 6.61 Å². The fourth-order valence-electron chi connectivity index (χ4n) is 1.49. The third kappa shape index (κ3) is 3.36. The highest BCUT2D eigenvalue weighted by atomic mass is 35.5. The molecular formula is C14H11ClN2O2. The summed E-state index contributed by atoms with van der Waals surface area (Å²) in [6.07, 6.45) is 0. The Morgan fingerprint density at radius 2 is 2.16 bits per heavy atom. The minimum absolute atomic E-state index is 0.281. The Balaban J connectivity index is 2.08. The van der Waals surface area contributed by atoms with E-state index in [4.69, 9.17) is 26.3 Å². The lowest BCUT2D eigenvalue weighted by Gasteiger charge is -2.08. The van der Waals surface area contributed by atoms with Crippen molar-refractivity contribution in [1.29, 1.82) is 5.26 Å². The van der Waals surface area contributed by atoms with Gasteiger partial charge in [-0.15, -0.1) is 0 Å². The van der Waals surface area contributed by atoms with Crippen molar-refractivity contribution in [3.05, 3.63) is 52.7 Å². The van der Waals surface area contributed by atoms with Gasteiger partial charge in [0.05, 0.1) is 29.5 Å². The van der Waals surface area contributed by atoms with E-state index in [1.807, 2.05) is 18.2 Å². The summed E-state index contributed by atoms with van der Waals surface area (Å²) in [7, 11) is 1.56. The maximum absolute atomic E-state index is 8.75. The van der Waals surface area contributed by atoms with Gasteiger partial charge in [0.25, 0.3) is 0 Å². The Morgan fingerprint density at radius 1 is 1.32 bits per heavy atom. The van der Waals surface area contributed by atoms with E-state index in [9.17, 15) is 0 Å². The van der Waals surface area contributed by atoms with Crippen molar-refractivity contribution < 1.29 is 9.47 Å². The van der Waals surface area contributed by atoms with Crippen LogP contribution in [0.4, 0.5) is 0 Å². The predicted molar refractivity (Wildman–Crippen MR) is 71.3 cm³/mol. The van der Waals surface area contributed by atoms with Crippen LogP contribution >= 0.6 is 11.6 Å². The van der Waals surface area contributed by atoms with Crippen LogP contribution in [0, 0.1) is 11.3 Å². The van der Waals surface area contributed by atoms with E-state index in [1.54, 1.807) is 31.4 Å². The molecule has 0 atom stereocenters. The summed E-state index contributed by atoms with van der Waals surface area (Å²) in [6, 6.07) is 12.3. The van der Waals surface area contributed by atoms with Crippen molar-refractivity contribution in [2.24, 2.45) is 0 Å². The number of pyridine rings is 1. The second-order valence-electron chi connectivity index (χ2n) is 3.72. The van der Waals surface area contributed by atoms with E-state index in [0.29, 0.717) is 22.2 Å². The Kier molecular flexibility index (Phi) is 4.22. The Hall–Kier alpha value is -2.25. The van der Waals surface area contributed by atoms with Crippen LogP contribution in [0.2, 0.25) is 5.02 Å². The fourth-order valence-corrected chi connectivity index (χ4v) is 1.73. The predicted octanol–water partition coefficient (Wildman–Crippen LogP) is 3.19. The average Bonchev–Trinajstić information content (AvgIpc) is 2.46. The largest absolute Gasteiger partial charge is 0.486 e. The molecule has 4 nitrogen and oxygen atoms in total. The molecule has 0 aliphatic carbocycles. The molecule has 0 N–H and O–H groups in total. The Labute approximate surface area is 116 Å². The number of nitriles is 1. The minimum atomic E-state index is 0.281. The molecule has 96 valence electrons. The van der Waals surface area contributed by atoms with E-state index >= 15 is 0 Å². The van der Waals surface area contributed by atoms with Gasteiger partial charge in [-0.05, 0) is 24.3 Å². The molecule has 5 heteroatoms. The van der Waals surface area contributed by atoms with E-state index in [1.165, 1.54) is 0 Å². The zero-order chi connectivity index (χ0) is 13.7. The molecule has 0 amide bonds. The lowest BCUT2D eigenvalue weighted by molar-refractivity contribution is 0.298. The third-order valence-corrected chi connectivity index (χ3v) is 2.72. The van der Waals surface area contributed by atoms with E-state index in [2.05, 4.69) is 4.98 Å². The molecule has 1 aromatic heterocycles. The van der Waals surface area contributed by atoms with Crippen LogP contribution in [0.1, 0.15) is 11.3 Å². The SMILES string of the molecule is COc1cccc(COc2ccc(C#N)cc2Cl)n1.